The van der Waals surface area contributed by atoms with Gasteiger partial charge in [0, 0.05) is 11.4 Å². The van der Waals surface area contributed by atoms with Crippen molar-refractivity contribution in [3.8, 4) is 0 Å². The highest BCUT2D eigenvalue weighted by Crippen LogP contribution is 2.18. The van der Waals surface area contributed by atoms with E-state index in [0.717, 1.165) is 21.9 Å². The quantitative estimate of drug-likeness (QED) is 0.658. The summed E-state index contributed by atoms with van der Waals surface area (Å²) in [5, 5.41) is 5.51. The van der Waals surface area contributed by atoms with Crippen LogP contribution in [-0.2, 0) is 27.2 Å². The number of nitrogens with one attached hydrogen (secondary N) is 1. The number of fused-ring (bicyclic) bond motifs is 1. The number of hydrogen-bond acceptors (Lipinski definition) is 3. The van der Waals surface area contributed by atoms with Crippen LogP contribution >= 0.6 is 11.6 Å². The van der Waals surface area contributed by atoms with Crippen LogP contribution in [0.15, 0.2) is 66.7 Å². The molecule has 0 fully saturated rings. The SMILES string of the molecule is COC(=O)[C@H](Cc1ccccc1Cl)NC(=O)Cc1ccc2ccccc2c1. The molecule has 3 rings (SSSR count). The molecule has 0 heterocycles. The van der Waals surface area contributed by atoms with Gasteiger partial charge in [-0.2, -0.15) is 0 Å². The second kappa shape index (κ2) is 8.69. The van der Waals surface area contributed by atoms with Crippen molar-refractivity contribution in [2.24, 2.45) is 0 Å². The van der Waals surface area contributed by atoms with Gasteiger partial charge in [-0.1, -0.05) is 72.3 Å². The van der Waals surface area contributed by atoms with Crippen molar-refractivity contribution in [2.75, 3.05) is 7.11 Å². The predicted octanol–water partition coefficient (Wildman–Crippen LogP) is 3.94. The van der Waals surface area contributed by atoms with Crippen molar-refractivity contribution in [2.45, 2.75) is 18.9 Å². The van der Waals surface area contributed by atoms with Crippen LogP contribution < -0.4 is 5.32 Å². The van der Waals surface area contributed by atoms with Gasteiger partial charge in [0.25, 0.3) is 0 Å². The van der Waals surface area contributed by atoms with E-state index >= 15 is 0 Å². The Hall–Kier alpha value is -2.85. The van der Waals surface area contributed by atoms with Gasteiger partial charge in [0.05, 0.1) is 13.5 Å². The summed E-state index contributed by atoms with van der Waals surface area (Å²) in [6, 6.07) is 20.3. The number of rotatable bonds is 6. The summed E-state index contributed by atoms with van der Waals surface area (Å²) in [5.41, 5.74) is 1.66. The first kappa shape index (κ1) is 18.9. The standard InChI is InChI=1S/C22H20ClNO3/c1-27-22(26)20(14-18-8-4-5-9-19(18)23)24-21(25)13-15-10-11-16-6-2-3-7-17(16)12-15/h2-12,20H,13-14H2,1H3,(H,24,25)/t20-/m0/s1. The maximum Gasteiger partial charge on any atom is 0.328 e. The number of halogens is 1. The summed E-state index contributed by atoms with van der Waals surface area (Å²) in [5.74, 6) is -0.741. The molecule has 3 aromatic carbocycles. The van der Waals surface area contributed by atoms with Gasteiger partial charge in [-0.3, -0.25) is 4.79 Å². The van der Waals surface area contributed by atoms with E-state index in [0.29, 0.717) is 5.02 Å². The zero-order chi connectivity index (χ0) is 19.2. The molecule has 0 saturated carbocycles. The minimum Gasteiger partial charge on any atom is -0.467 e. The van der Waals surface area contributed by atoms with E-state index in [4.69, 9.17) is 16.3 Å². The Morgan fingerprint density at radius 1 is 1.00 bits per heavy atom. The second-order valence-electron chi connectivity index (χ2n) is 6.30. The molecule has 5 heteroatoms. The van der Waals surface area contributed by atoms with E-state index in [2.05, 4.69) is 5.32 Å². The number of carbonyl (C=O) groups is 2. The number of esters is 1. The summed E-state index contributed by atoms with van der Waals surface area (Å²) in [6.45, 7) is 0. The molecule has 0 bridgehead atoms. The molecule has 0 aliphatic carbocycles. The fourth-order valence-corrected chi connectivity index (χ4v) is 3.21. The first-order chi connectivity index (χ1) is 13.1. The molecule has 0 saturated heterocycles. The minimum absolute atomic E-state index is 0.181. The number of benzene rings is 3. The molecule has 1 amide bonds. The fourth-order valence-electron chi connectivity index (χ4n) is 3.00. The molecular weight excluding hydrogens is 362 g/mol. The highest BCUT2D eigenvalue weighted by molar-refractivity contribution is 6.31. The van der Waals surface area contributed by atoms with Crippen LogP contribution in [0.4, 0.5) is 0 Å². The van der Waals surface area contributed by atoms with Gasteiger partial charge in [0.15, 0.2) is 0 Å². The van der Waals surface area contributed by atoms with E-state index in [1.54, 1.807) is 6.07 Å². The lowest BCUT2D eigenvalue weighted by atomic mass is 10.0. The molecule has 1 N–H and O–H groups in total. The van der Waals surface area contributed by atoms with Crippen LogP contribution in [0.3, 0.4) is 0 Å². The maximum absolute atomic E-state index is 12.5. The molecule has 1 atom stereocenters. The molecule has 3 aromatic rings. The van der Waals surface area contributed by atoms with Crippen molar-refractivity contribution in [3.05, 3.63) is 82.9 Å². The lowest BCUT2D eigenvalue weighted by molar-refractivity contribution is -0.145. The third kappa shape index (κ3) is 4.86. The van der Waals surface area contributed by atoms with Crippen LogP contribution in [-0.4, -0.2) is 25.0 Å². The van der Waals surface area contributed by atoms with Crippen LogP contribution in [0.2, 0.25) is 5.02 Å². The third-order valence-electron chi connectivity index (χ3n) is 4.38. The lowest BCUT2D eigenvalue weighted by Gasteiger charge is -2.17. The maximum atomic E-state index is 12.5. The summed E-state index contributed by atoms with van der Waals surface area (Å²) in [4.78, 5) is 24.6. The Kier molecular flexibility index (Phi) is 6.09. The van der Waals surface area contributed by atoms with Gasteiger partial charge < -0.3 is 10.1 Å². The van der Waals surface area contributed by atoms with Gasteiger partial charge in [0.1, 0.15) is 6.04 Å². The van der Waals surface area contributed by atoms with E-state index < -0.39 is 12.0 Å². The normalized spacial score (nSPS) is 11.8. The van der Waals surface area contributed by atoms with Crippen molar-refractivity contribution >= 4 is 34.2 Å². The van der Waals surface area contributed by atoms with Gasteiger partial charge in [-0.15, -0.1) is 0 Å². The summed E-state index contributed by atoms with van der Waals surface area (Å²) in [7, 11) is 1.30. The van der Waals surface area contributed by atoms with E-state index in [-0.39, 0.29) is 18.7 Å². The largest absolute Gasteiger partial charge is 0.467 e. The Balaban J connectivity index is 1.71. The Morgan fingerprint density at radius 2 is 1.70 bits per heavy atom. The van der Waals surface area contributed by atoms with Gasteiger partial charge in [-0.05, 0) is 28.0 Å². The number of ether oxygens (including phenoxy) is 1. The number of carbonyl (C=O) groups excluding carboxylic acids is 2. The van der Waals surface area contributed by atoms with Crippen molar-refractivity contribution in [3.63, 3.8) is 0 Å². The highest BCUT2D eigenvalue weighted by atomic mass is 35.5. The molecule has 4 nitrogen and oxygen atoms in total. The average Bonchev–Trinajstić information content (AvgIpc) is 2.68. The molecular formula is C22H20ClNO3. The topological polar surface area (TPSA) is 55.4 Å². The minimum atomic E-state index is -0.789. The van der Waals surface area contributed by atoms with E-state index in [1.807, 2.05) is 60.7 Å². The Morgan fingerprint density at radius 3 is 2.44 bits per heavy atom. The first-order valence-corrected chi connectivity index (χ1v) is 9.03. The number of methoxy groups -OCH3 is 1. The number of amides is 1. The summed E-state index contributed by atoms with van der Waals surface area (Å²) >= 11 is 6.17. The molecule has 138 valence electrons. The van der Waals surface area contributed by atoms with Crippen LogP contribution in [0, 0.1) is 0 Å². The Labute approximate surface area is 163 Å². The molecule has 0 aliphatic heterocycles. The van der Waals surface area contributed by atoms with E-state index in [9.17, 15) is 9.59 Å². The third-order valence-corrected chi connectivity index (χ3v) is 4.75. The smallest absolute Gasteiger partial charge is 0.328 e. The molecule has 0 spiro atoms. The molecule has 0 aromatic heterocycles. The van der Waals surface area contributed by atoms with E-state index in [1.165, 1.54) is 7.11 Å². The van der Waals surface area contributed by atoms with Crippen LogP contribution in [0.1, 0.15) is 11.1 Å². The van der Waals surface area contributed by atoms with Gasteiger partial charge >= 0.3 is 5.97 Å². The Bertz CT molecular complexity index is 970. The second-order valence-corrected chi connectivity index (χ2v) is 6.70. The zero-order valence-corrected chi connectivity index (χ0v) is 15.7. The predicted molar refractivity (Wildman–Crippen MR) is 107 cm³/mol. The van der Waals surface area contributed by atoms with Gasteiger partial charge in [0.2, 0.25) is 5.91 Å². The van der Waals surface area contributed by atoms with Crippen molar-refractivity contribution < 1.29 is 14.3 Å². The molecule has 0 unspecified atom stereocenters. The average molecular weight is 382 g/mol. The van der Waals surface area contributed by atoms with Crippen LogP contribution in [0.25, 0.3) is 10.8 Å². The first-order valence-electron chi connectivity index (χ1n) is 8.65. The molecule has 0 radical (unpaired) electrons. The van der Waals surface area contributed by atoms with Gasteiger partial charge in [-0.25, -0.2) is 4.79 Å². The van der Waals surface area contributed by atoms with Crippen molar-refractivity contribution in [1.29, 1.82) is 0 Å². The zero-order valence-electron chi connectivity index (χ0n) is 14.9. The summed E-state index contributed by atoms with van der Waals surface area (Å²) < 4.78 is 4.84. The van der Waals surface area contributed by atoms with Crippen molar-refractivity contribution in [1.82, 2.24) is 5.32 Å². The fraction of sp³-hybridized carbons (Fsp3) is 0.182. The summed E-state index contributed by atoms with van der Waals surface area (Å²) in [6.07, 6.45) is 0.455. The molecule has 27 heavy (non-hydrogen) atoms. The monoisotopic (exact) mass is 381 g/mol. The highest BCUT2D eigenvalue weighted by Gasteiger charge is 2.23. The van der Waals surface area contributed by atoms with Crippen LogP contribution in [0.5, 0.6) is 0 Å². The molecule has 0 aliphatic rings. The number of hydrogen-bond donors (Lipinski definition) is 1. The lowest BCUT2D eigenvalue weighted by Crippen LogP contribution is -2.43.